The van der Waals surface area contributed by atoms with Crippen molar-refractivity contribution in [1.29, 1.82) is 0 Å². The molecule has 7 heteroatoms. The lowest BCUT2D eigenvalue weighted by atomic mass is 10.1. The van der Waals surface area contributed by atoms with E-state index in [-0.39, 0.29) is 18.7 Å². The Bertz CT molecular complexity index is 958. The largest absolute Gasteiger partial charge is 0.493 e. The minimum absolute atomic E-state index is 0.0856. The Labute approximate surface area is 176 Å². The van der Waals surface area contributed by atoms with Crippen molar-refractivity contribution in [1.82, 2.24) is 4.98 Å². The summed E-state index contributed by atoms with van der Waals surface area (Å²) in [5.41, 5.74) is 1.76. The smallest absolute Gasteiger partial charge is 0.306 e. The van der Waals surface area contributed by atoms with Crippen LogP contribution in [0.1, 0.15) is 43.7 Å². The van der Waals surface area contributed by atoms with Gasteiger partial charge in [0.25, 0.3) is 5.89 Å². The first-order valence-corrected chi connectivity index (χ1v) is 9.95. The molecule has 0 spiro atoms. The van der Waals surface area contributed by atoms with Crippen LogP contribution in [0.4, 0.5) is 0 Å². The van der Waals surface area contributed by atoms with Gasteiger partial charge in [0.2, 0.25) is 0 Å². The number of rotatable bonds is 10. The monoisotopic (exact) mass is 413 g/mol. The Balaban J connectivity index is 1.58. The second kappa shape index (κ2) is 10.0. The number of carbonyl (C=O) groups is 1. The first kappa shape index (κ1) is 21.5. The molecule has 0 fully saturated rings. The van der Waals surface area contributed by atoms with Gasteiger partial charge in [0, 0.05) is 6.42 Å². The van der Waals surface area contributed by atoms with Crippen LogP contribution in [-0.2, 0) is 22.6 Å². The van der Waals surface area contributed by atoms with Crippen LogP contribution in [-0.4, -0.2) is 24.2 Å². The van der Waals surface area contributed by atoms with Crippen LogP contribution in [0.5, 0.6) is 11.5 Å². The first-order valence-electron chi connectivity index (χ1n) is 9.95. The van der Waals surface area contributed by atoms with E-state index in [4.69, 9.17) is 23.0 Å². The quantitative estimate of drug-likeness (QED) is 0.427. The van der Waals surface area contributed by atoms with Gasteiger partial charge in [0.15, 0.2) is 17.3 Å². The zero-order chi connectivity index (χ0) is 21.5. The number of esters is 1. The van der Waals surface area contributed by atoms with E-state index in [1.807, 2.05) is 39.0 Å². The molecule has 3 aromatic rings. The molecule has 0 N–H and O–H groups in total. The third-order valence-electron chi connectivity index (χ3n) is 4.43. The number of hydrogen-bond acceptors (Lipinski definition) is 7. The highest BCUT2D eigenvalue weighted by Crippen LogP contribution is 2.30. The van der Waals surface area contributed by atoms with Crippen molar-refractivity contribution < 1.29 is 27.8 Å². The summed E-state index contributed by atoms with van der Waals surface area (Å²) in [7, 11) is 1.60. The van der Waals surface area contributed by atoms with Gasteiger partial charge in [-0.25, -0.2) is 4.98 Å². The highest BCUT2D eigenvalue weighted by Gasteiger charge is 2.15. The SMILES string of the molecule is COc1cc(CCCC(=O)OC(C)C)ccc1OCc1nc(-c2ccco2)oc1C. The maximum absolute atomic E-state index is 11.7. The maximum Gasteiger partial charge on any atom is 0.306 e. The molecular formula is C23H27NO6. The van der Waals surface area contributed by atoms with Crippen molar-refractivity contribution >= 4 is 5.97 Å². The molecule has 3 rings (SSSR count). The van der Waals surface area contributed by atoms with Crippen LogP contribution in [0.3, 0.4) is 0 Å². The van der Waals surface area contributed by atoms with Gasteiger partial charge < -0.3 is 23.0 Å². The van der Waals surface area contributed by atoms with E-state index in [2.05, 4.69) is 4.98 Å². The average molecular weight is 413 g/mol. The number of oxazole rings is 1. The zero-order valence-corrected chi connectivity index (χ0v) is 17.8. The summed E-state index contributed by atoms with van der Waals surface area (Å²) in [6.45, 7) is 5.77. The molecule has 0 bridgehead atoms. The molecule has 0 saturated carbocycles. The van der Waals surface area contributed by atoms with E-state index in [9.17, 15) is 4.79 Å². The molecular weight excluding hydrogens is 386 g/mol. The van der Waals surface area contributed by atoms with Crippen molar-refractivity contribution in [3.05, 3.63) is 53.6 Å². The summed E-state index contributed by atoms with van der Waals surface area (Å²) in [6.07, 6.45) is 3.34. The highest BCUT2D eigenvalue weighted by atomic mass is 16.5. The molecule has 160 valence electrons. The molecule has 1 aromatic carbocycles. The van der Waals surface area contributed by atoms with Crippen LogP contribution < -0.4 is 9.47 Å². The summed E-state index contributed by atoms with van der Waals surface area (Å²) >= 11 is 0. The zero-order valence-electron chi connectivity index (χ0n) is 17.8. The molecule has 0 aliphatic carbocycles. The van der Waals surface area contributed by atoms with E-state index >= 15 is 0 Å². The number of ether oxygens (including phenoxy) is 3. The fourth-order valence-corrected chi connectivity index (χ4v) is 2.96. The molecule has 0 aliphatic heterocycles. The molecule has 30 heavy (non-hydrogen) atoms. The normalized spacial score (nSPS) is 11.0. The minimum atomic E-state index is -0.172. The standard InChI is InChI=1S/C23H27NO6/c1-15(2)29-22(25)9-5-7-17-10-11-19(21(13-17)26-4)28-14-18-16(3)30-23(24-18)20-8-6-12-27-20/h6,8,10-13,15H,5,7,9,14H2,1-4H3. The number of nitrogens with zero attached hydrogens (tertiary/aromatic N) is 1. The summed E-state index contributed by atoms with van der Waals surface area (Å²) < 4.78 is 27.5. The Morgan fingerprint density at radius 1 is 1.20 bits per heavy atom. The van der Waals surface area contributed by atoms with Crippen LogP contribution >= 0.6 is 0 Å². The van der Waals surface area contributed by atoms with Crippen molar-refractivity contribution in [2.45, 2.75) is 52.7 Å². The molecule has 2 aromatic heterocycles. The molecule has 0 amide bonds. The Morgan fingerprint density at radius 2 is 2.03 bits per heavy atom. The lowest BCUT2D eigenvalue weighted by molar-refractivity contribution is -0.147. The van der Waals surface area contributed by atoms with Crippen LogP contribution in [0.25, 0.3) is 11.7 Å². The number of aryl methyl sites for hydroxylation is 2. The van der Waals surface area contributed by atoms with Gasteiger partial charge in [0.05, 0.1) is 19.5 Å². The molecule has 0 saturated heterocycles. The number of aromatic nitrogens is 1. The van der Waals surface area contributed by atoms with Crippen molar-refractivity contribution in [3.8, 4) is 23.1 Å². The maximum atomic E-state index is 11.7. The van der Waals surface area contributed by atoms with Crippen molar-refractivity contribution in [2.75, 3.05) is 7.11 Å². The molecule has 0 radical (unpaired) electrons. The van der Waals surface area contributed by atoms with Gasteiger partial charge in [0.1, 0.15) is 18.1 Å². The van der Waals surface area contributed by atoms with Gasteiger partial charge in [-0.3, -0.25) is 4.79 Å². The summed E-state index contributed by atoms with van der Waals surface area (Å²) in [5.74, 6) is 2.74. The fourth-order valence-electron chi connectivity index (χ4n) is 2.96. The summed E-state index contributed by atoms with van der Waals surface area (Å²) in [4.78, 5) is 16.1. The molecule has 0 atom stereocenters. The topological polar surface area (TPSA) is 83.9 Å². The second-order valence-electron chi connectivity index (χ2n) is 7.17. The van der Waals surface area contributed by atoms with E-state index < -0.39 is 0 Å². The lowest BCUT2D eigenvalue weighted by Gasteiger charge is -2.12. The van der Waals surface area contributed by atoms with Gasteiger partial charge in [-0.1, -0.05) is 6.07 Å². The number of carbonyl (C=O) groups excluding carboxylic acids is 1. The second-order valence-corrected chi connectivity index (χ2v) is 7.17. The van der Waals surface area contributed by atoms with Crippen molar-refractivity contribution in [3.63, 3.8) is 0 Å². The predicted octanol–water partition coefficient (Wildman–Crippen LogP) is 5.10. The Morgan fingerprint density at radius 3 is 2.73 bits per heavy atom. The first-order chi connectivity index (χ1) is 14.5. The molecule has 2 heterocycles. The van der Waals surface area contributed by atoms with E-state index in [0.29, 0.717) is 47.4 Å². The molecule has 7 nitrogen and oxygen atoms in total. The van der Waals surface area contributed by atoms with Gasteiger partial charge in [-0.15, -0.1) is 0 Å². The van der Waals surface area contributed by atoms with Crippen LogP contribution in [0.2, 0.25) is 0 Å². The lowest BCUT2D eigenvalue weighted by Crippen LogP contribution is -2.11. The van der Waals surface area contributed by atoms with Crippen molar-refractivity contribution in [2.24, 2.45) is 0 Å². The van der Waals surface area contributed by atoms with E-state index in [0.717, 1.165) is 12.0 Å². The molecule has 0 aliphatic rings. The fraction of sp³-hybridized carbons (Fsp3) is 0.391. The third-order valence-corrected chi connectivity index (χ3v) is 4.43. The Kier molecular flexibility index (Phi) is 7.17. The average Bonchev–Trinajstić information content (AvgIpc) is 3.36. The van der Waals surface area contributed by atoms with Crippen LogP contribution in [0, 0.1) is 6.92 Å². The van der Waals surface area contributed by atoms with E-state index in [1.165, 1.54) is 0 Å². The summed E-state index contributed by atoms with van der Waals surface area (Å²) in [6, 6.07) is 9.33. The highest BCUT2D eigenvalue weighted by molar-refractivity contribution is 5.69. The van der Waals surface area contributed by atoms with Gasteiger partial charge >= 0.3 is 5.97 Å². The number of benzene rings is 1. The Hall–Kier alpha value is -3.22. The molecule has 0 unspecified atom stereocenters. The predicted molar refractivity (Wildman–Crippen MR) is 110 cm³/mol. The number of furan rings is 1. The minimum Gasteiger partial charge on any atom is -0.493 e. The number of hydrogen-bond donors (Lipinski definition) is 0. The third kappa shape index (κ3) is 5.65. The van der Waals surface area contributed by atoms with Gasteiger partial charge in [-0.05, 0) is 63.4 Å². The van der Waals surface area contributed by atoms with Gasteiger partial charge in [-0.2, -0.15) is 0 Å². The van der Waals surface area contributed by atoms with E-state index in [1.54, 1.807) is 25.5 Å². The number of methoxy groups -OCH3 is 1. The van der Waals surface area contributed by atoms with Crippen LogP contribution in [0.15, 0.2) is 45.4 Å². The summed E-state index contributed by atoms with van der Waals surface area (Å²) in [5, 5.41) is 0.